The molecule has 1 heteroatoms. The fourth-order valence-electron chi connectivity index (χ4n) is 8.57. The number of hydrogen-bond acceptors (Lipinski definition) is 0. The molecule has 234 valence electrons. The summed E-state index contributed by atoms with van der Waals surface area (Å²) in [6, 6.07) is 59.9. The van der Waals surface area contributed by atoms with Gasteiger partial charge in [-0.25, -0.2) is 0 Å². The molecule has 0 radical (unpaired) electrons. The maximum atomic E-state index is 2.54. The van der Waals surface area contributed by atoms with Gasteiger partial charge in [0.25, 0.3) is 0 Å². The molecule has 0 aliphatic heterocycles. The second-order valence-electron chi connectivity index (χ2n) is 13.9. The molecule has 2 aliphatic carbocycles. The molecule has 9 rings (SSSR count). The van der Waals surface area contributed by atoms with Gasteiger partial charge in [0.1, 0.15) is 0 Å². The van der Waals surface area contributed by atoms with Crippen LogP contribution in [0.5, 0.6) is 0 Å². The number of hydrogen-bond donors (Lipinski definition) is 0. The van der Waals surface area contributed by atoms with E-state index in [0.717, 1.165) is 0 Å². The van der Waals surface area contributed by atoms with E-state index in [-0.39, 0.29) is 0 Å². The Morgan fingerprint density at radius 2 is 1.04 bits per heavy atom. The van der Waals surface area contributed by atoms with Crippen LogP contribution in [0.1, 0.15) is 58.7 Å². The fraction of sp³-hybridized carbons (Fsp3) is 0.104. The van der Waals surface area contributed by atoms with Crippen LogP contribution in [0.2, 0.25) is 0 Å². The van der Waals surface area contributed by atoms with Gasteiger partial charge in [0, 0.05) is 0 Å². The van der Waals surface area contributed by atoms with Crippen LogP contribution in [0.3, 0.4) is 0 Å². The first-order valence-electron chi connectivity index (χ1n) is 17.4. The van der Waals surface area contributed by atoms with Crippen molar-refractivity contribution in [1.82, 2.24) is 0 Å². The maximum absolute atomic E-state index is 2.93. The second kappa shape index (κ2) is 12.3. The first kappa shape index (κ1) is 30.4. The van der Waals surface area contributed by atoms with Crippen molar-refractivity contribution in [2.24, 2.45) is 0 Å². The van der Waals surface area contributed by atoms with E-state index in [1.807, 2.05) is 0 Å². The average molecular weight is 706 g/mol. The molecular formula is C48H38Zr. The van der Waals surface area contributed by atoms with Gasteiger partial charge in [-0.2, -0.15) is 0 Å². The fourth-order valence-corrected chi connectivity index (χ4v) is 18.9. The van der Waals surface area contributed by atoms with E-state index in [1.54, 1.807) is 3.21 Å². The van der Waals surface area contributed by atoms with Crippen LogP contribution < -0.4 is 0 Å². The van der Waals surface area contributed by atoms with Crippen molar-refractivity contribution in [3.8, 4) is 22.3 Å². The third-order valence-corrected chi connectivity index (χ3v) is 20.0. The molecular weight excluding hydrogens is 668 g/mol. The van der Waals surface area contributed by atoms with Crippen LogP contribution in [-0.2, 0) is 21.3 Å². The summed E-state index contributed by atoms with van der Waals surface area (Å²) >= 11 is -2.93. The number of benzene rings is 7. The van der Waals surface area contributed by atoms with Crippen LogP contribution in [-0.4, -0.2) is 3.21 Å². The number of rotatable bonds is 5. The molecule has 7 aromatic carbocycles. The van der Waals surface area contributed by atoms with Crippen molar-refractivity contribution >= 4 is 20.1 Å². The Labute approximate surface area is 297 Å². The molecule has 0 aromatic heterocycles. The summed E-state index contributed by atoms with van der Waals surface area (Å²) in [6.45, 7) is 6.95. The first-order valence-corrected chi connectivity index (χ1v) is 21.5. The quantitative estimate of drug-likeness (QED) is 0.167. The Morgan fingerprint density at radius 3 is 1.67 bits per heavy atom. The van der Waals surface area contributed by atoms with Gasteiger partial charge in [0.2, 0.25) is 0 Å². The number of fused-ring (bicyclic) bond motifs is 5. The van der Waals surface area contributed by atoms with Crippen LogP contribution in [0.25, 0.3) is 39.1 Å². The summed E-state index contributed by atoms with van der Waals surface area (Å²) in [5.74, 6) is 0. The van der Waals surface area contributed by atoms with Crippen LogP contribution in [0, 0.1) is 13.8 Å². The average Bonchev–Trinajstić information content (AvgIpc) is 3.63. The summed E-state index contributed by atoms with van der Waals surface area (Å²) in [5.41, 5.74) is 18.4. The van der Waals surface area contributed by atoms with E-state index in [4.69, 9.17) is 0 Å². The van der Waals surface area contributed by atoms with Crippen molar-refractivity contribution in [2.45, 2.75) is 28.0 Å². The van der Waals surface area contributed by atoms with Crippen molar-refractivity contribution < 1.29 is 21.3 Å². The summed E-state index contributed by atoms with van der Waals surface area (Å²) in [4.78, 5) is 0. The summed E-state index contributed by atoms with van der Waals surface area (Å²) in [5, 5.41) is 2.57. The molecule has 0 saturated heterocycles. The molecule has 2 aliphatic rings. The molecule has 0 nitrogen and oxygen atoms in total. The minimum atomic E-state index is -2.93. The second-order valence-corrected chi connectivity index (χ2v) is 20.2. The molecule has 7 aromatic rings. The Bertz CT molecular complexity index is 2370. The van der Waals surface area contributed by atoms with E-state index in [9.17, 15) is 0 Å². The van der Waals surface area contributed by atoms with Crippen molar-refractivity contribution in [3.05, 3.63) is 208 Å². The van der Waals surface area contributed by atoms with E-state index in [2.05, 4.69) is 185 Å². The molecule has 0 spiro atoms. The molecule has 0 heterocycles. The predicted octanol–water partition coefficient (Wildman–Crippen LogP) is 12.2. The summed E-state index contributed by atoms with van der Waals surface area (Å²) in [7, 11) is 0. The molecule has 0 saturated carbocycles. The Balaban J connectivity index is 1.36. The van der Waals surface area contributed by atoms with Crippen LogP contribution >= 0.6 is 0 Å². The van der Waals surface area contributed by atoms with E-state index < -0.39 is 21.3 Å². The molecule has 1 unspecified atom stereocenters. The van der Waals surface area contributed by atoms with Gasteiger partial charge < -0.3 is 0 Å². The van der Waals surface area contributed by atoms with Crippen LogP contribution in [0.4, 0.5) is 0 Å². The van der Waals surface area contributed by atoms with E-state index in [0.29, 0.717) is 7.25 Å². The topological polar surface area (TPSA) is 0 Å². The third-order valence-electron chi connectivity index (χ3n) is 10.7. The van der Waals surface area contributed by atoms with Crippen molar-refractivity contribution in [2.75, 3.05) is 0 Å². The number of aryl methyl sites for hydroxylation is 2. The van der Waals surface area contributed by atoms with Gasteiger partial charge >= 0.3 is 299 Å². The van der Waals surface area contributed by atoms with E-state index >= 15 is 0 Å². The van der Waals surface area contributed by atoms with Crippen molar-refractivity contribution in [1.29, 1.82) is 0 Å². The zero-order valence-corrected chi connectivity index (χ0v) is 30.7. The first-order chi connectivity index (χ1) is 24.0. The van der Waals surface area contributed by atoms with Gasteiger partial charge in [-0.3, -0.25) is 0 Å². The summed E-state index contributed by atoms with van der Waals surface area (Å²) in [6.07, 6.45) is 2.54. The molecule has 0 N–H and O–H groups in total. The molecule has 0 amide bonds. The standard InChI is InChI=1S/C20H15.C15H13.C13H10.Zr/c1-14-11-17-7-4-8-19(20(17)12-14)18-10-9-15-5-2-3-6-16(15)13-18;1-10-3-5-14-12(7-10)9-13-8-11(2)4-6-15(13)14;1-3-7-12(8-4-1)11-13-9-5-2-6-10-13;/h2-13H,1H3;3-9H,1-2H3;1-10H;. The molecule has 1 atom stereocenters. The monoisotopic (exact) mass is 704 g/mol. The SMILES string of the molecule is CC1=Cc2c(-c3ccc4ccccc4c3)cccc2[CH]1[Zr](=[C](c1ccccc1)c1ccccc1)[CH]1c2cc(C)ccc2-c2ccc(C)cc21. The van der Waals surface area contributed by atoms with Gasteiger partial charge in [-0.05, 0) is 0 Å². The van der Waals surface area contributed by atoms with E-state index in [1.165, 1.54) is 83.1 Å². The number of allylic oxidation sites excluding steroid dienone is 1. The van der Waals surface area contributed by atoms with Gasteiger partial charge in [0.15, 0.2) is 0 Å². The predicted molar refractivity (Wildman–Crippen MR) is 205 cm³/mol. The summed E-state index contributed by atoms with van der Waals surface area (Å²) < 4.78 is 2.38. The van der Waals surface area contributed by atoms with Crippen molar-refractivity contribution in [3.63, 3.8) is 0 Å². The Kier molecular flexibility index (Phi) is 7.63. The molecule has 0 bridgehead atoms. The van der Waals surface area contributed by atoms with Gasteiger partial charge in [-0.1, -0.05) is 0 Å². The zero-order valence-electron chi connectivity index (χ0n) is 28.2. The normalized spacial score (nSPS) is 14.7. The Morgan fingerprint density at radius 1 is 0.449 bits per heavy atom. The minimum absolute atomic E-state index is 0.381. The van der Waals surface area contributed by atoms with Crippen LogP contribution in [0.15, 0.2) is 163 Å². The zero-order chi connectivity index (χ0) is 33.1. The third kappa shape index (κ3) is 5.19. The molecule has 49 heavy (non-hydrogen) atoms. The Hall–Kier alpha value is -4.71. The van der Waals surface area contributed by atoms with Gasteiger partial charge in [0.05, 0.1) is 0 Å². The molecule has 0 fully saturated rings. The van der Waals surface area contributed by atoms with Gasteiger partial charge in [-0.15, -0.1) is 0 Å².